The molecular formula is C34H42N2O3. The Balaban J connectivity index is 1.31. The highest BCUT2D eigenvalue weighted by molar-refractivity contribution is 5.95. The van der Waals surface area contributed by atoms with Gasteiger partial charge in [0.15, 0.2) is 11.5 Å². The van der Waals surface area contributed by atoms with Crippen LogP contribution in [0.15, 0.2) is 78.9 Å². The molecule has 39 heavy (non-hydrogen) atoms. The molecule has 1 heterocycles. The number of carbonyl (C=O) groups is 1. The lowest BCUT2D eigenvalue weighted by Gasteiger charge is -2.45. The van der Waals surface area contributed by atoms with Crippen molar-refractivity contribution in [1.82, 2.24) is 9.80 Å². The highest BCUT2D eigenvalue weighted by Crippen LogP contribution is 2.38. The zero-order valence-corrected chi connectivity index (χ0v) is 23.4. The Labute approximate surface area is 233 Å². The van der Waals surface area contributed by atoms with Gasteiger partial charge in [-0.3, -0.25) is 9.69 Å². The fourth-order valence-electron chi connectivity index (χ4n) is 6.65. The van der Waals surface area contributed by atoms with E-state index in [0.717, 1.165) is 32.4 Å². The van der Waals surface area contributed by atoms with Gasteiger partial charge in [0, 0.05) is 37.3 Å². The van der Waals surface area contributed by atoms with E-state index in [1.807, 2.05) is 24.3 Å². The summed E-state index contributed by atoms with van der Waals surface area (Å²) in [4.78, 5) is 18.8. The predicted molar refractivity (Wildman–Crippen MR) is 157 cm³/mol. The Hall–Kier alpha value is -3.31. The molecule has 206 valence electrons. The molecule has 5 heteroatoms. The van der Waals surface area contributed by atoms with Crippen molar-refractivity contribution in [2.24, 2.45) is 0 Å². The lowest BCUT2D eigenvalue weighted by molar-refractivity contribution is 0.0457. The number of likely N-dealkylation sites (tertiary alicyclic amines) is 1. The van der Waals surface area contributed by atoms with E-state index in [9.17, 15) is 4.79 Å². The number of ether oxygens (including phenoxy) is 2. The average Bonchev–Trinajstić information content (AvgIpc) is 3.02. The molecule has 0 bridgehead atoms. The maximum atomic E-state index is 14.0. The van der Waals surface area contributed by atoms with Crippen LogP contribution in [0.4, 0.5) is 0 Å². The van der Waals surface area contributed by atoms with Gasteiger partial charge in [-0.25, -0.2) is 0 Å². The third-order valence-electron chi connectivity index (χ3n) is 8.74. The van der Waals surface area contributed by atoms with Crippen LogP contribution in [0.1, 0.15) is 65.9 Å². The first-order chi connectivity index (χ1) is 19.2. The van der Waals surface area contributed by atoms with Gasteiger partial charge in [-0.1, -0.05) is 73.5 Å². The first kappa shape index (κ1) is 27.3. The maximum absolute atomic E-state index is 14.0. The molecule has 1 aliphatic heterocycles. The van der Waals surface area contributed by atoms with Gasteiger partial charge in [-0.15, -0.1) is 0 Å². The van der Waals surface area contributed by atoms with Gasteiger partial charge in [0.25, 0.3) is 5.91 Å². The molecule has 1 amide bonds. The van der Waals surface area contributed by atoms with E-state index >= 15 is 0 Å². The van der Waals surface area contributed by atoms with Crippen LogP contribution in [0.5, 0.6) is 11.5 Å². The SMILES string of the molecule is COc1ccc(C(=O)N(CCc2ccccc2)C2CCN(C3CCCCC3c3ccccc3)CC2)cc1OC. The molecular weight excluding hydrogens is 484 g/mol. The Kier molecular flexibility index (Phi) is 9.20. The second-order valence-electron chi connectivity index (χ2n) is 10.9. The van der Waals surface area contributed by atoms with E-state index in [0.29, 0.717) is 35.6 Å². The van der Waals surface area contributed by atoms with Gasteiger partial charge in [0.05, 0.1) is 14.2 Å². The lowest BCUT2D eigenvalue weighted by Crippen LogP contribution is -2.52. The highest BCUT2D eigenvalue weighted by Gasteiger charge is 2.35. The Bertz CT molecular complexity index is 1190. The van der Waals surface area contributed by atoms with E-state index < -0.39 is 0 Å². The fraction of sp³-hybridized carbons (Fsp3) is 0.441. The molecule has 2 fully saturated rings. The molecule has 2 unspecified atom stereocenters. The first-order valence-electron chi connectivity index (χ1n) is 14.5. The summed E-state index contributed by atoms with van der Waals surface area (Å²) in [7, 11) is 3.23. The number of hydrogen-bond acceptors (Lipinski definition) is 4. The third-order valence-corrected chi connectivity index (χ3v) is 8.74. The molecule has 1 saturated heterocycles. The molecule has 0 radical (unpaired) electrons. The topological polar surface area (TPSA) is 42.0 Å². The van der Waals surface area contributed by atoms with Gasteiger partial charge in [-0.2, -0.15) is 0 Å². The quantitative estimate of drug-likeness (QED) is 0.316. The standard InChI is InChI=1S/C34H42N2O3/c1-38-32-18-17-28(25-33(32)39-2)34(37)36(24-19-26-11-5-3-6-12-26)29-20-22-35(23-21-29)31-16-10-9-15-30(31)27-13-7-4-8-14-27/h3-8,11-14,17-18,25,29-31H,9-10,15-16,19-24H2,1-2H3. The van der Waals surface area contributed by atoms with Gasteiger partial charge in [0.2, 0.25) is 0 Å². The monoisotopic (exact) mass is 526 g/mol. The predicted octanol–water partition coefficient (Wildman–Crippen LogP) is 6.58. The summed E-state index contributed by atoms with van der Waals surface area (Å²) >= 11 is 0. The number of hydrogen-bond donors (Lipinski definition) is 0. The smallest absolute Gasteiger partial charge is 0.254 e. The molecule has 0 aromatic heterocycles. The fourth-order valence-corrected chi connectivity index (χ4v) is 6.65. The summed E-state index contributed by atoms with van der Waals surface area (Å²) in [5.41, 5.74) is 3.39. The van der Waals surface area contributed by atoms with E-state index in [1.165, 1.54) is 36.8 Å². The minimum Gasteiger partial charge on any atom is -0.493 e. The summed E-state index contributed by atoms with van der Waals surface area (Å²) in [5.74, 6) is 1.91. The summed E-state index contributed by atoms with van der Waals surface area (Å²) in [5, 5.41) is 0. The first-order valence-corrected chi connectivity index (χ1v) is 14.5. The largest absolute Gasteiger partial charge is 0.493 e. The Morgan fingerprint density at radius 1 is 0.821 bits per heavy atom. The van der Waals surface area contributed by atoms with Crippen molar-refractivity contribution in [2.75, 3.05) is 33.9 Å². The van der Waals surface area contributed by atoms with Crippen LogP contribution >= 0.6 is 0 Å². The minimum atomic E-state index is 0.0742. The van der Waals surface area contributed by atoms with Crippen LogP contribution in [0.25, 0.3) is 0 Å². The molecule has 1 saturated carbocycles. The number of carbonyl (C=O) groups excluding carboxylic acids is 1. The van der Waals surface area contributed by atoms with Crippen molar-refractivity contribution in [1.29, 1.82) is 0 Å². The number of methoxy groups -OCH3 is 2. The summed E-state index contributed by atoms with van der Waals surface area (Å²) in [6, 6.07) is 27.9. The van der Waals surface area contributed by atoms with Crippen molar-refractivity contribution in [3.8, 4) is 11.5 Å². The molecule has 5 rings (SSSR count). The molecule has 1 aliphatic carbocycles. The van der Waals surface area contributed by atoms with E-state index in [1.54, 1.807) is 14.2 Å². The van der Waals surface area contributed by atoms with E-state index in [2.05, 4.69) is 64.4 Å². The average molecular weight is 527 g/mol. The molecule has 2 atom stereocenters. The maximum Gasteiger partial charge on any atom is 0.254 e. The van der Waals surface area contributed by atoms with Gasteiger partial charge < -0.3 is 14.4 Å². The van der Waals surface area contributed by atoms with Crippen LogP contribution in [-0.4, -0.2) is 61.6 Å². The number of amides is 1. The number of nitrogens with zero attached hydrogens (tertiary/aromatic N) is 2. The number of rotatable bonds is 9. The zero-order chi connectivity index (χ0) is 27.0. The lowest BCUT2D eigenvalue weighted by atomic mass is 9.78. The normalized spacial score (nSPS) is 20.4. The van der Waals surface area contributed by atoms with Crippen LogP contribution in [-0.2, 0) is 6.42 Å². The molecule has 0 N–H and O–H groups in total. The molecule has 3 aromatic rings. The molecule has 5 nitrogen and oxygen atoms in total. The van der Waals surface area contributed by atoms with Gasteiger partial charge in [-0.05, 0) is 67.3 Å². The van der Waals surface area contributed by atoms with Gasteiger partial charge in [0.1, 0.15) is 0 Å². The van der Waals surface area contributed by atoms with Crippen LogP contribution < -0.4 is 9.47 Å². The Morgan fingerprint density at radius 2 is 1.49 bits per heavy atom. The highest BCUT2D eigenvalue weighted by atomic mass is 16.5. The van der Waals surface area contributed by atoms with Crippen LogP contribution in [0.2, 0.25) is 0 Å². The Morgan fingerprint density at radius 3 is 2.18 bits per heavy atom. The summed E-state index contributed by atoms with van der Waals surface area (Å²) < 4.78 is 10.9. The van der Waals surface area contributed by atoms with Gasteiger partial charge >= 0.3 is 0 Å². The van der Waals surface area contributed by atoms with Crippen molar-refractivity contribution >= 4 is 5.91 Å². The second-order valence-corrected chi connectivity index (χ2v) is 10.9. The third kappa shape index (κ3) is 6.47. The van der Waals surface area contributed by atoms with Crippen molar-refractivity contribution in [2.45, 2.75) is 62.9 Å². The van der Waals surface area contributed by atoms with Crippen LogP contribution in [0, 0.1) is 0 Å². The van der Waals surface area contributed by atoms with Crippen LogP contribution in [0.3, 0.4) is 0 Å². The molecule has 0 spiro atoms. The molecule has 3 aromatic carbocycles. The second kappa shape index (κ2) is 13.2. The zero-order valence-electron chi connectivity index (χ0n) is 23.4. The summed E-state index contributed by atoms with van der Waals surface area (Å²) in [6.07, 6.45) is 8.03. The number of benzene rings is 3. The van der Waals surface area contributed by atoms with E-state index in [4.69, 9.17) is 9.47 Å². The summed E-state index contributed by atoms with van der Waals surface area (Å²) in [6.45, 7) is 2.79. The van der Waals surface area contributed by atoms with Crippen molar-refractivity contribution < 1.29 is 14.3 Å². The molecule has 2 aliphatic rings. The number of piperidine rings is 1. The van der Waals surface area contributed by atoms with Crippen molar-refractivity contribution in [3.05, 3.63) is 95.6 Å². The van der Waals surface area contributed by atoms with E-state index in [-0.39, 0.29) is 11.9 Å². The minimum absolute atomic E-state index is 0.0742. The van der Waals surface area contributed by atoms with Crippen molar-refractivity contribution in [3.63, 3.8) is 0 Å².